The first-order chi connectivity index (χ1) is 12.0. The number of ether oxygens (including phenoxy) is 1. The number of likely N-dealkylation sites (N-methyl/N-ethyl adjacent to an activating group) is 1. The lowest BCUT2D eigenvalue weighted by atomic mass is 9.99. The second-order valence-electron chi connectivity index (χ2n) is 6.72. The molecule has 138 valence electrons. The molecule has 1 aliphatic heterocycles. The zero-order valence-corrected chi connectivity index (χ0v) is 15.7. The van der Waals surface area contributed by atoms with E-state index in [4.69, 9.17) is 4.74 Å². The molecule has 1 saturated heterocycles. The summed E-state index contributed by atoms with van der Waals surface area (Å²) in [6.07, 6.45) is 0.787. The van der Waals surface area contributed by atoms with Crippen molar-refractivity contribution in [2.24, 2.45) is 0 Å². The van der Waals surface area contributed by atoms with Gasteiger partial charge >= 0.3 is 0 Å². The van der Waals surface area contributed by atoms with E-state index < -0.39 is 0 Å². The lowest BCUT2D eigenvalue weighted by Crippen LogP contribution is -2.43. The molecule has 1 aliphatic rings. The number of nitrogens with zero attached hydrogens (tertiary/aromatic N) is 3. The maximum Gasteiger partial charge on any atom is 0.248 e. The highest BCUT2D eigenvalue weighted by Gasteiger charge is 2.30. The van der Waals surface area contributed by atoms with Crippen LogP contribution >= 0.6 is 0 Å². The standard InChI is InChI=1S/C19H29N3O3/c1-15-8-5-6-9-16(15)18(20(2)3)19(24)22-11-7-10-21(12-13-22)17(23)14-25-4/h5-6,8-9,18H,7,10-14H2,1-4H3/t18-/m0/s1. The number of hydrogen-bond acceptors (Lipinski definition) is 4. The molecule has 1 aromatic carbocycles. The van der Waals surface area contributed by atoms with Gasteiger partial charge in [0.25, 0.3) is 0 Å². The lowest BCUT2D eigenvalue weighted by molar-refractivity contribution is -0.138. The van der Waals surface area contributed by atoms with Gasteiger partial charge < -0.3 is 14.5 Å². The fourth-order valence-corrected chi connectivity index (χ4v) is 3.30. The average Bonchev–Trinajstić information content (AvgIpc) is 2.83. The minimum absolute atomic E-state index is 0.0140. The quantitative estimate of drug-likeness (QED) is 0.806. The van der Waals surface area contributed by atoms with Gasteiger partial charge in [-0.1, -0.05) is 24.3 Å². The van der Waals surface area contributed by atoms with Crippen LogP contribution in [0.4, 0.5) is 0 Å². The Bertz CT molecular complexity index is 603. The van der Waals surface area contributed by atoms with E-state index in [1.807, 2.05) is 55.1 Å². The summed E-state index contributed by atoms with van der Waals surface area (Å²) in [5.74, 6) is 0.0835. The maximum atomic E-state index is 13.2. The van der Waals surface area contributed by atoms with Gasteiger partial charge in [-0.05, 0) is 38.6 Å². The van der Waals surface area contributed by atoms with Crippen LogP contribution in [0.25, 0.3) is 0 Å². The maximum absolute atomic E-state index is 13.2. The average molecular weight is 347 g/mol. The molecule has 0 unspecified atom stereocenters. The molecule has 0 aromatic heterocycles. The van der Waals surface area contributed by atoms with Crippen LogP contribution in [0, 0.1) is 6.92 Å². The molecule has 0 saturated carbocycles. The van der Waals surface area contributed by atoms with Crippen molar-refractivity contribution in [2.75, 3.05) is 54.0 Å². The van der Waals surface area contributed by atoms with Gasteiger partial charge in [0, 0.05) is 33.3 Å². The Kier molecular flexibility index (Phi) is 6.96. The van der Waals surface area contributed by atoms with Crippen LogP contribution in [0.15, 0.2) is 24.3 Å². The third kappa shape index (κ3) is 4.80. The molecule has 2 amide bonds. The van der Waals surface area contributed by atoms with E-state index in [0.29, 0.717) is 26.2 Å². The molecule has 0 radical (unpaired) electrons. The van der Waals surface area contributed by atoms with Gasteiger partial charge in [0.2, 0.25) is 11.8 Å². The minimum Gasteiger partial charge on any atom is -0.375 e. The lowest BCUT2D eigenvalue weighted by Gasteiger charge is -2.31. The van der Waals surface area contributed by atoms with E-state index in [1.165, 1.54) is 7.11 Å². The predicted octanol–water partition coefficient (Wildman–Crippen LogP) is 1.31. The number of methoxy groups -OCH3 is 1. The molecule has 0 N–H and O–H groups in total. The number of carbonyl (C=O) groups excluding carboxylic acids is 2. The molecule has 1 atom stereocenters. The Labute approximate surface area is 150 Å². The molecular formula is C19H29N3O3. The molecule has 1 fully saturated rings. The Morgan fingerprint density at radius 2 is 1.76 bits per heavy atom. The number of amides is 2. The highest BCUT2D eigenvalue weighted by molar-refractivity contribution is 5.84. The Morgan fingerprint density at radius 1 is 1.12 bits per heavy atom. The smallest absolute Gasteiger partial charge is 0.248 e. The van der Waals surface area contributed by atoms with Crippen LogP contribution in [0.2, 0.25) is 0 Å². The van der Waals surface area contributed by atoms with E-state index in [1.54, 1.807) is 4.90 Å². The molecule has 25 heavy (non-hydrogen) atoms. The van der Waals surface area contributed by atoms with Crippen molar-refractivity contribution in [3.63, 3.8) is 0 Å². The summed E-state index contributed by atoms with van der Waals surface area (Å²) in [5, 5.41) is 0. The molecule has 0 bridgehead atoms. The van der Waals surface area contributed by atoms with Crippen molar-refractivity contribution in [3.8, 4) is 0 Å². The zero-order chi connectivity index (χ0) is 18.4. The third-order valence-electron chi connectivity index (χ3n) is 4.66. The molecule has 2 rings (SSSR count). The van der Waals surface area contributed by atoms with Gasteiger partial charge in [-0.2, -0.15) is 0 Å². The molecular weight excluding hydrogens is 318 g/mol. The molecule has 1 aromatic rings. The van der Waals surface area contributed by atoms with Crippen molar-refractivity contribution in [1.29, 1.82) is 0 Å². The highest BCUT2D eigenvalue weighted by Crippen LogP contribution is 2.24. The Morgan fingerprint density at radius 3 is 2.40 bits per heavy atom. The van der Waals surface area contributed by atoms with Gasteiger partial charge in [-0.15, -0.1) is 0 Å². The number of aryl methyl sites for hydroxylation is 1. The van der Waals surface area contributed by atoms with E-state index in [-0.39, 0.29) is 24.5 Å². The van der Waals surface area contributed by atoms with Crippen molar-refractivity contribution in [2.45, 2.75) is 19.4 Å². The first kappa shape index (κ1) is 19.4. The van der Waals surface area contributed by atoms with E-state index in [0.717, 1.165) is 17.5 Å². The van der Waals surface area contributed by atoms with Crippen LogP contribution in [-0.4, -0.2) is 80.5 Å². The Hall–Kier alpha value is -1.92. The van der Waals surface area contributed by atoms with Gasteiger partial charge in [-0.25, -0.2) is 0 Å². The molecule has 1 heterocycles. The van der Waals surface area contributed by atoms with Crippen LogP contribution in [0.1, 0.15) is 23.6 Å². The second kappa shape index (κ2) is 8.97. The summed E-state index contributed by atoms with van der Waals surface area (Å²) in [5.41, 5.74) is 2.15. The van der Waals surface area contributed by atoms with Crippen LogP contribution < -0.4 is 0 Å². The SMILES string of the molecule is COCC(=O)N1CCCN(C(=O)[C@H](c2ccccc2C)N(C)C)CC1. The van der Waals surface area contributed by atoms with E-state index >= 15 is 0 Å². The van der Waals surface area contributed by atoms with Crippen LogP contribution in [0.5, 0.6) is 0 Å². The predicted molar refractivity (Wildman–Crippen MR) is 97.3 cm³/mol. The van der Waals surface area contributed by atoms with Crippen LogP contribution in [-0.2, 0) is 14.3 Å². The summed E-state index contributed by atoms with van der Waals surface area (Å²) in [6, 6.07) is 7.71. The number of benzene rings is 1. The fourth-order valence-electron chi connectivity index (χ4n) is 3.30. The second-order valence-corrected chi connectivity index (χ2v) is 6.72. The molecule has 0 spiro atoms. The van der Waals surface area contributed by atoms with Gasteiger partial charge in [-0.3, -0.25) is 14.5 Å². The van der Waals surface area contributed by atoms with Crippen molar-refractivity contribution < 1.29 is 14.3 Å². The van der Waals surface area contributed by atoms with Crippen LogP contribution in [0.3, 0.4) is 0 Å². The van der Waals surface area contributed by atoms with Crippen molar-refractivity contribution in [1.82, 2.24) is 14.7 Å². The van der Waals surface area contributed by atoms with Crippen molar-refractivity contribution in [3.05, 3.63) is 35.4 Å². The molecule has 0 aliphatic carbocycles. The Balaban J connectivity index is 2.12. The normalized spacial score (nSPS) is 16.7. The molecule has 6 heteroatoms. The number of hydrogen-bond donors (Lipinski definition) is 0. The highest BCUT2D eigenvalue weighted by atomic mass is 16.5. The monoisotopic (exact) mass is 347 g/mol. The summed E-state index contributed by atoms with van der Waals surface area (Å²) < 4.78 is 4.93. The molecule has 6 nitrogen and oxygen atoms in total. The first-order valence-corrected chi connectivity index (χ1v) is 8.73. The van der Waals surface area contributed by atoms with Gasteiger partial charge in [0.15, 0.2) is 0 Å². The zero-order valence-electron chi connectivity index (χ0n) is 15.7. The number of carbonyl (C=O) groups is 2. The summed E-state index contributed by atoms with van der Waals surface area (Å²) >= 11 is 0. The first-order valence-electron chi connectivity index (χ1n) is 8.73. The fraction of sp³-hybridized carbons (Fsp3) is 0.579. The summed E-state index contributed by atoms with van der Waals surface area (Å²) in [4.78, 5) is 30.9. The number of rotatable bonds is 5. The van der Waals surface area contributed by atoms with Gasteiger partial charge in [0.05, 0.1) is 0 Å². The van der Waals surface area contributed by atoms with Gasteiger partial charge in [0.1, 0.15) is 12.6 Å². The minimum atomic E-state index is -0.303. The summed E-state index contributed by atoms with van der Waals surface area (Å²) in [7, 11) is 5.39. The third-order valence-corrected chi connectivity index (χ3v) is 4.66. The summed E-state index contributed by atoms with van der Waals surface area (Å²) in [6.45, 7) is 4.59. The van der Waals surface area contributed by atoms with E-state index in [9.17, 15) is 9.59 Å². The topological polar surface area (TPSA) is 53.1 Å². The van der Waals surface area contributed by atoms with Crippen molar-refractivity contribution >= 4 is 11.8 Å². The largest absolute Gasteiger partial charge is 0.375 e. The van der Waals surface area contributed by atoms with E-state index in [2.05, 4.69) is 0 Å².